The summed E-state index contributed by atoms with van der Waals surface area (Å²) in [4.78, 5) is 14.0. The van der Waals surface area contributed by atoms with Crippen molar-refractivity contribution in [3.05, 3.63) is 35.9 Å². The number of piperidine rings is 1. The summed E-state index contributed by atoms with van der Waals surface area (Å²) in [6.45, 7) is 4.57. The largest absolute Gasteiger partial charge is 0.371 e. The molecule has 1 fully saturated rings. The minimum atomic E-state index is -2.81. The Morgan fingerprint density at radius 1 is 1.47 bits per heavy atom. The predicted molar refractivity (Wildman–Crippen MR) is 116 cm³/mol. The van der Waals surface area contributed by atoms with E-state index in [-0.39, 0.29) is 0 Å². The maximum absolute atomic E-state index is 12.4. The van der Waals surface area contributed by atoms with Crippen LogP contribution in [0, 0.1) is 18.3 Å². The van der Waals surface area contributed by atoms with E-state index < -0.39 is 23.1 Å². The first kappa shape index (κ1) is 22.2. The van der Waals surface area contributed by atoms with Gasteiger partial charge < -0.3 is 9.88 Å². The Morgan fingerprint density at radius 2 is 2.27 bits per heavy atom. The first-order valence-corrected chi connectivity index (χ1v) is 11.3. The maximum atomic E-state index is 12.4. The lowest BCUT2D eigenvalue weighted by molar-refractivity contribution is 0.226. The first-order chi connectivity index (χ1) is 14.3. The van der Waals surface area contributed by atoms with E-state index in [0.717, 1.165) is 49.8 Å². The molecular formula is C20H26F2N6OS. The second kappa shape index (κ2) is 10.0. The number of anilines is 1. The van der Waals surface area contributed by atoms with Crippen LogP contribution < -0.4 is 9.62 Å². The van der Waals surface area contributed by atoms with Crippen LogP contribution in [0.25, 0.3) is 17.5 Å². The number of halogens is 2. The van der Waals surface area contributed by atoms with Gasteiger partial charge in [-0.15, -0.1) is 0 Å². The molecule has 7 nitrogen and oxygen atoms in total. The average Bonchev–Trinajstić information content (AvgIpc) is 3.20. The lowest BCUT2D eigenvalue weighted by Crippen LogP contribution is -2.40. The van der Waals surface area contributed by atoms with Crippen LogP contribution in [0.3, 0.4) is 0 Å². The summed E-state index contributed by atoms with van der Waals surface area (Å²) in [5.74, 6) is 0.809. The number of aromatic amines is 1. The number of nitrogens with one attached hydrogen (secondary N) is 3. The molecule has 0 bridgehead atoms. The summed E-state index contributed by atoms with van der Waals surface area (Å²) in [6.07, 6.45) is 6.81. The molecule has 1 aliphatic heterocycles. The zero-order valence-corrected chi connectivity index (χ0v) is 17.8. The molecule has 0 amide bonds. The Labute approximate surface area is 177 Å². The lowest BCUT2D eigenvalue weighted by atomic mass is 9.97. The highest BCUT2D eigenvalue weighted by molar-refractivity contribution is 7.82. The zero-order chi connectivity index (χ0) is 21.7. The van der Waals surface area contributed by atoms with Crippen LogP contribution in [-0.2, 0) is 11.0 Å². The summed E-state index contributed by atoms with van der Waals surface area (Å²) >= 11 is 0. The van der Waals surface area contributed by atoms with Gasteiger partial charge in [0.2, 0.25) is 0 Å². The molecule has 0 aromatic carbocycles. The molecule has 162 valence electrons. The maximum Gasteiger partial charge on any atom is 0.279 e. The topological polar surface area (TPSA) is 97.8 Å². The van der Waals surface area contributed by atoms with Gasteiger partial charge >= 0.3 is 0 Å². The van der Waals surface area contributed by atoms with E-state index in [2.05, 4.69) is 24.6 Å². The van der Waals surface area contributed by atoms with Crippen LogP contribution in [0.15, 0.2) is 24.5 Å². The van der Waals surface area contributed by atoms with Crippen molar-refractivity contribution in [1.82, 2.24) is 19.7 Å². The van der Waals surface area contributed by atoms with Gasteiger partial charge in [-0.1, -0.05) is 0 Å². The fourth-order valence-electron chi connectivity index (χ4n) is 3.48. The third-order valence-corrected chi connectivity index (χ3v) is 5.61. The van der Waals surface area contributed by atoms with Crippen molar-refractivity contribution in [2.75, 3.05) is 30.8 Å². The Morgan fingerprint density at radius 3 is 3.00 bits per heavy atom. The molecule has 0 radical (unpaired) electrons. The summed E-state index contributed by atoms with van der Waals surface area (Å²) in [6, 6.07) is 2.01. The molecule has 3 rings (SSSR count). The smallest absolute Gasteiger partial charge is 0.279 e. The fraction of sp³-hybridized carbons (Fsp3) is 0.450. The SMILES string of the molecule is Cc1cnc(-c2cnc(/C=C\C(=N)C(F)F)[nH]2)cc1N1CCCC(CNS(C)=O)C1. The highest BCUT2D eigenvalue weighted by atomic mass is 32.2. The van der Waals surface area contributed by atoms with Crippen LogP contribution in [0.2, 0.25) is 0 Å². The van der Waals surface area contributed by atoms with Crippen LogP contribution >= 0.6 is 0 Å². The number of imidazole rings is 1. The van der Waals surface area contributed by atoms with Gasteiger partial charge in [0.05, 0.1) is 34.3 Å². The van der Waals surface area contributed by atoms with Gasteiger partial charge in [0.15, 0.2) is 0 Å². The molecule has 2 aromatic heterocycles. The van der Waals surface area contributed by atoms with Crippen molar-refractivity contribution in [3.63, 3.8) is 0 Å². The molecule has 2 aromatic rings. The number of pyridine rings is 1. The third kappa shape index (κ3) is 5.79. The molecule has 3 N–H and O–H groups in total. The summed E-state index contributed by atoms with van der Waals surface area (Å²) in [5.41, 5.74) is 2.78. The quantitative estimate of drug-likeness (QED) is 0.554. The van der Waals surface area contributed by atoms with Crippen molar-refractivity contribution >= 4 is 28.5 Å². The van der Waals surface area contributed by atoms with Crippen molar-refractivity contribution in [2.45, 2.75) is 26.2 Å². The van der Waals surface area contributed by atoms with Gasteiger partial charge in [0.25, 0.3) is 6.43 Å². The molecule has 2 unspecified atom stereocenters. The number of nitrogens with zero attached hydrogens (tertiary/aromatic N) is 3. The third-order valence-electron chi connectivity index (χ3n) is 5.04. The zero-order valence-electron chi connectivity index (χ0n) is 17.0. The number of rotatable bonds is 8. The van der Waals surface area contributed by atoms with Crippen molar-refractivity contribution in [1.29, 1.82) is 5.41 Å². The molecule has 1 aliphatic rings. The van der Waals surface area contributed by atoms with Crippen LogP contribution in [-0.4, -0.2) is 57.2 Å². The van der Waals surface area contributed by atoms with E-state index in [9.17, 15) is 13.0 Å². The number of hydrogen-bond acceptors (Lipinski definition) is 5. The number of aromatic nitrogens is 3. The van der Waals surface area contributed by atoms with Crippen molar-refractivity contribution in [3.8, 4) is 11.4 Å². The van der Waals surface area contributed by atoms with Crippen molar-refractivity contribution < 1.29 is 13.0 Å². The molecule has 1 saturated heterocycles. The van der Waals surface area contributed by atoms with Crippen LogP contribution in [0.1, 0.15) is 24.2 Å². The van der Waals surface area contributed by atoms with E-state index in [1.54, 1.807) is 12.5 Å². The standard InChI is InChI=1S/C20H26F2N6OS/c1-13-9-24-16(17-11-25-19(27-17)6-5-15(23)20(21)22)8-18(13)28-7-3-4-14(12-28)10-26-30(2)29/h5-6,8-9,11,14,20,23,26H,3-4,7,10,12H2,1-2H3,(H,25,27)/b6-5-,23-15?. The minimum absolute atomic E-state index is 0.385. The van der Waals surface area contributed by atoms with Gasteiger partial charge in [-0.2, -0.15) is 0 Å². The predicted octanol–water partition coefficient (Wildman–Crippen LogP) is 3.18. The van der Waals surface area contributed by atoms with E-state index in [0.29, 0.717) is 23.1 Å². The fourth-order valence-corrected chi connectivity index (χ4v) is 3.95. The second-order valence-corrected chi connectivity index (χ2v) is 8.58. The van der Waals surface area contributed by atoms with Gasteiger partial charge in [-0.25, -0.2) is 22.7 Å². The Hall–Kier alpha value is -2.46. The molecular weight excluding hydrogens is 410 g/mol. The normalized spacial score (nSPS) is 18.3. The second-order valence-electron chi connectivity index (χ2n) is 7.38. The van der Waals surface area contributed by atoms with E-state index >= 15 is 0 Å². The minimum Gasteiger partial charge on any atom is -0.371 e. The van der Waals surface area contributed by atoms with Gasteiger partial charge in [0.1, 0.15) is 5.82 Å². The van der Waals surface area contributed by atoms with Crippen molar-refractivity contribution in [2.24, 2.45) is 5.92 Å². The van der Waals surface area contributed by atoms with Crippen LogP contribution in [0.5, 0.6) is 0 Å². The molecule has 2 atom stereocenters. The number of H-pyrrole nitrogens is 1. The van der Waals surface area contributed by atoms with E-state index in [4.69, 9.17) is 5.41 Å². The summed E-state index contributed by atoms with van der Waals surface area (Å²) in [5, 5.41) is 7.18. The summed E-state index contributed by atoms with van der Waals surface area (Å²) in [7, 11) is -1.01. The number of aryl methyl sites for hydroxylation is 1. The monoisotopic (exact) mass is 436 g/mol. The molecule has 0 aliphatic carbocycles. The Balaban J connectivity index is 1.75. The molecule has 10 heteroatoms. The summed E-state index contributed by atoms with van der Waals surface area (Å²) < 4.78 is 39.2. The van der Waals surface area contributed by atoms with Gasteiger partial charge in [-0.05, 0) is 49.5 Å². The molecule has 30 heavy (non-hydrogen) atoms. The average molecular weight is 437 g/mol. The van der Waals surface area contributed by atoms with Gasteiger partial charge in [0, 0.05) is 37.8 Å². The van der Waals surface area contributed by atoms with E-state index in [1.807, 2.05) is 19.2 Å². The highest BCUT2D eigenvalue weighted by Gasteiger charge is 2.22. The number of hydrogen-bond donors (Lipinski definition) is 3. The van der Waals surface area contributed by atoms with E-state index in [1.165, 1.54) is 6.08 Å². The molecule has 0 saturated carbocycles. The first-order valence-electron chi connectivity index (χ1n) is 9.72. The highest BCUT2D eigenvalue weighted by Crippen LogP contribution is 2.29. The van der Waals surface area contributed by atoms with Gasteiger partial charge in [-0.3, -0.25) is 10.4 Å². The number of allylic oxidation sites excluding steroid dienone is 1. The Bertz CT molecular complexity index is 945. The molecule has 3 heterocycles. The molecule has 0 spiro atoms. The van der Waals surface area contributed by atoms with Crippen LogP contribution in [0.4, 0.5) is 14.5 Å². The lowest BCUT2D eigenvalue weighted by Gasteiger charge is -2.35. The Kier molecular flexibility index (Phi) is 7.43. The number of alkyl halides is 2.